The van der Waals surface area contributed by atoms with Crippen molar-refractivity contribution in [2.75, 3.05) is 28.2 Å². The molecule has 21 heavy (non-hydrogen) atoms. The molecule has 0 heterocycles. The van der Waals surface area contributed by atoms with Crippen LogP contribution in [0.1, 0.15) is 64.7 Å². The molecule has 0 saturated carbocycles. The first-order valence-corrected chi connectivity index (χ1v) is 8.11. The van der Waals surface area contributed by atoms with E-state index < -0.39 is 0 Å². The Morgan fingerprint density at radius 1 is 0.857 bits per heavy atom. The van der Waals surface area contributed by atoms with Crippen LogP contribution in [0.4, 0.5) is 0 Å². The molecular weight excluding hydrogens is 266 g/mol. The van der Waals surface area contributed by atoms with Crippen molar-refractivity contribution in [3.05, 3.63) is 0 Å². The highest BCUT2D eigenvalue weighted by molar-refractivity contribution is 5.79. The molecule has 0 saturated heterocycles. The van der Waals surface area contributed by atoms with E-state index in [1.165, 1.54) is 38.5 Å². The molecule has 0 aliphatic rings. The third kappa shape index (κ3) is 11.1. The second-order valence-corrected chi connectivity index (χ2v) is 5.87. The average molecular weight is 299 g/mol. The summed E-state index contributed by atoms with van der Waals surface area (Å²) in [6.45, 7) is 2.23. The molecule has 124 valence electrons. The average Bonchev–Trinajstić information content (AvgIpc) is 2.41. The summed E-state index contributed by atoms with van der Waals surface area (Å²) < 4.78 is 0. The van der Waals surface area contributed by atoms with Crippen LogP contribution in [0.2, 0.25) is 0 Å². The molecule has 0 aromatic heterocycles. The Labute approximate surface area is 130 Å². The minimum absolute atomic E-state index is 0.248. The molecule has 0 spiro atoms. The zero-order valence-corrected chi connectivity index (χ0v) is 14.5. The molecule has 0 radical (unpaired) electrons. The van der Waals surface area contributed by atoms with Crippen LogP contribution in [0.3, 0.4) is 0 Å². The van der Waals surface area contributed by atoms with Gasteiger partial charge < -0.3 is 14.6 Å². The van der Waals surface area contributed by atoms with E-state index >= 15 is 0 Å². The van der Waals surface area contributed by atoms with Gasteiger partial charge in [-0.2, -0.15) is 0 Å². The van der Waals surface area contributed by atoms with E-state index in [1.54, 1.807) is 0 Å². The fourth-order valence-electron chi connectivity index (χ4n) is 2.10. The predicted molar refractivity (Wildman–Crippen MR) is 88.1 cm³/mol. The first kappa shape index (κ1) is 19.7. The van der Waals surface area contributed by atoms with E-state index in [9.17, 15) is 4.79 Å². The van der Waals surface area contributed by atoms with Crippen molar-refractivity contribution in [2.45, 2.75) is 64.7 Å². The molecule has 0 fully saturated rings. The number of hydrogen-bond donors (Lipinski definition) is 0. The van der Waals surface area contributed by atoms with Crippen LogP contribution in [-0.4, -0.2) is 49.9 Å². The van der Waals surface area contributed by atoms with E-state index in [4.69, 9.17) is 4.84 Å². The Morgan fingerprint density at radius 2 is 1.33 bits per heavy atom. The van der Waals surface area contributed by atoms with E-state index in [0.29, 0.717) is 12.4 Å². The van der Waals surface area contributed by atoms with Gasteiger partial charge in [0.15, 0.2) is 0 Å². The van der Waals surface area contributed by atoms with Crippen LogP contribution < -0.4 is 0 Å². The predicted octanol–water partition coefficient (Wildman–Crippen LogP) is 3.45. The molecule has 0 unspecified atom stereocenters. The van der Waals surface area contributed by atoms with Crippen molar-refractivity contribution in [3.63, 3.8) is 0 Å². The second-order valence-electron chi connectivity index (χ2n) is 5.87. The van der Waals surface area contributed by atoms with Crippen LogP contribution in [0.15, 0.2) is 5.16 Å². The molecule has 5 heteroatoms. The number of nitrogens with zero attached hydrogens (tertiary/aromatic N) is 3. The van der Waals surface area contributed by atoms with Crippen LogP contribution in [0, 0.1) is 0 Å². The maximum absolute atomic E-state index is 11.6. The molecule has 0 N–H and O–H groups in total. The Bertz CT molecular complexity index is 292. The van der Waals surface area contributed by atoms with E-state index in [-0.39, 0.29) is 5.97 Å². The van der Waals surface area contributed by atoms with E-state index in [2.05, 4.69) is 12.1 Å². The number of carbonyl (C=O) groups is 1. The fourth-order valence-corrected chi connectivity index (χ4v) is 2.10. The molecule has 0 aliphatic heterocycles. The van der Waals surface area contributed by atoms with Gasteiger partial charge in [-0.25, -0.2) is 4.79 Å². The summed E-state index contributed by atoms with van der Waals surface area (Å²) in [5.41, 5.74) is 0. The highest BCUT2D eigenvalue weighted by Gasteiger charge is 2.08. The first-order valence-electron chi connectivity index (χ1n) is 8.11. The van der Waals surface area contributed by atoms with Gasteiger partial charge in [0.05, 0.1) is 0 Å². The Kier molecular flexibility index (Phi) is 11.7. The lowest BCUT2D eigenvalue weighted by atomic mass is 10.1. The van der Waals surface area contributed by atoms with E-state index in [1.807, 2.05) is 38.0 Å². The van der Waals surface area contributed by atoms with Gasteiger partial charge in [-0.15, -0.1) is 0 Å². The largest absolute Gasteiger partial charge is 0.346 e. The summed E-state index contributed by atoms with van der Waals surface area (Å²) in [5, 5.41) is 3.89. The quantitative estimate of drug-likeness (QED) is 0.204. The van der Waals surface area contributed by atoms with Crippen LogP contribution in [-0.2, 0) is 9.63 Å². The van der Waals surface area contributed by atoms with Crippen LogP contribution in [0.25, 0.3) is 0 Å². The molecule has 0 aromatic rings. The number of oxime groups is 1. The Balaban J connectivity index is 3.69. The lowest BCUT2D eigenvalue weighted by Gasteiger charge is -2.21. The van der Waals surface area contributed by atoms with Gasteiger partial charge in [0.2, 0.25) is 5.96 Å². The molecule has 0 amide bonds. The summed E-state index contributed by atoms with van der Waals surface area (Å²) in [7, 11) is 7.47. The molecular formula is C16H33N3O2. The monoisotopic (exact) mass is 299 g/mol. The SMILES string of the molecule is CCCCCCCCCCC(=O)ON=C(N(C)C)N(C)C. The highest BCUT2D eigenvalue weighted by Crippen LogP contribution is 2.10. The van der Waals surface area contributed by atoms with Crippen molar-refractivity contribution >= 4 is 11.9 Å². The Morgan fingerprint density at radius 3 is 1.81 bits per heavy atom. The fraction of sp³-hybridized carbons (Fsp3) is 0.875. The minimum Gasteiger partial charge on any atom is -0.346 e. The van der Waals surface area contributed by atoms with Gasteiger partial charge in [0.1, 0.15) is 0 Å². The smallest absolute Gasteiger partial charge is 0.335 e. The molecule has 0 rings (SSSR count). The highest BCUT2D eigenvalue weighted by atomic mass is 16.7. The first-order chi connectivity index (χ1) is 9.99. The summed E-state index contributed by atoms with van der Waals surface area (Å²) >= 11 is 0. The standard InChI is InChI=1S/C16H33N3O2/c1-6-7-8-9-10-11-12-13-14-15(20)21-17-16(18(2)3)19(4)5/h6-14H2,1-5H3. The molecule has 5 nitrogen and oxygen atoms in total. The van der Waals surface area contributed by atoms with E-state index in [0.717, 1.165) is 12.8 Å². The third-order valence-electron chi connectivity index (χ3n) is 3.26. The Hall–Kier alpha value is -1.26. The van der Waals surface area contributed by atoms with Gasteiger partial charge in [-0.1, -0.05) is 51.9 Å². The second kappa shape index (κ2) is 12.5. The van der Waals surface area contributed by atoms with Gasteiger partial charge in [0, 0.05) is 34.6 Å². The van der Waals surface area contributed by atoms with Crippen molar-refractivity contribution < 1.29 is 9.63 Å². The molecule has 0 atom stereocenters. The van der Waals surface area contributed by atoms with Crippen molar-refractivity contribution in [1.29, 1.82) is 0 Å². The van der Waals surface area contributed by atoms with Crippen molar-refractivity contribution in [2.24, 2.45) is 5.16 Å². The van der Waals surface area contributed by atoms with Gasteiger partial charge in [-0.3, -0.25) is 0 Å². The third-order valence-corrected chi connectivity index (χ3v) is 3.26. The lowest BCUT2D eigenvalue weighted by molar-refractivity contribution is -0.144. The molecule has 0 aromatic carbocycles. The number of rotatable bonds is 10. The summed E-state index contributed by atoms with van der Waals surface area (Å²) in [4.78, 5) is 20.2. The van der Waals surface area contributed by atoms with Gasteiger partial charge in [-0.05, 0) is 11.6 Å². The lowest BCUT2D eigenvalue weighted by Crippen LogP contribution is -2.35. The summed E-state index contributed by atoms with van der Waals surface area (Å²) in [6, 6.07) is 0. The number of hydrogen-bond acceptors (Lipinski definition) is 3. The maximum Gasteiger partial charge on any atom is 0.335 e. The van der Waals surface area contributed by atoms with Crippen molar-refractivity contribution in [3.8, 4) is 0 Å². The normalized spacial score (nSPS) is 10.1. The number of unbranched alkanes of at least 4 members (excludes halogenated alkanes) is 7. The topological polar surface area (TPSA) is 45.1 Å². The molecule has 0 aliphatic carbocycles. The summed E-state index contributed by atoms with van der Waals surface area (Å²) in [6.07, 6.45) is 10.2. The van der Waals surface area contributed by atoms with Gasteiger partial charge >= 0.3 is 5.97 Å². The zero-order chi connectivity index (χ0) is 16.1. The number of guanidine groups is 1. The van der Waals surface area contributed by atoms with Crippen LogP contribution in [0.5, 0.6) is 0 Å². The summed E-state index contributed by atoms with van der Waals surface area (Å²) in [5.74, 6) is 0.376. The van der Waals surface area contributed by atoms with Crippen molar-refractivity contribution in [1.82, 2.24) is 9.80 Å². The van der Waals surface area contributed by atoms with Crippen LogP contribution >= 0.6 is 0 Å². The minimum atomic E-state index is -0.248. The van der Waals surface area contributed by atoms with Gasteiger partial charge in [0.25, 0.3) is 0 Å². The molecule has 0 bridgehead atoms. The maximum atomic E-state index is 11.6. The number of carbonyl (C=O) groups excluding carboxylic acids is 1. The zero-order valence-electron chi connectivity index (χ0n) is 14.5.